The number of aliphatic hydroxyl groups is 1. The molecule has 0 heterocycles. The number of allylic oxidation sites excluding steroid dienone is 12. The van der Waals surface area contributed by atoms with E-state index in [1.165, 1.54) is 205 Å². The summed E-state index contributed by atoms with van der Waals surface area (Å²) in [7, 11) is 1.31. The average Bonchev–Trinajstić information content (AvgIpc) is 3.41. The first kappa shape index (κ1) is 75.9. The summed E-state index contributed by atoms with van der Waals surface area (Å²) in [6, 6.07) is -0.804. The smallest absolute Gasteiger partial charge is 0.268 e. The minimum Gasteiger partial charge on any atom is -0.756 e. The fourth-order valence-corrected chi connectivity index (χ4v) is 10.5. The van der Waals surface area contributed by atoms with Crippen LogP contribution in [-0.2, 0) is 18.4 Å². The molecule has 0 fully saturated rings. The fraction of sp³-hybridized carbons (Fsp3) is 0.812. The molecule has 456 valence electrons. The van der Waals surface area contributed by atoms with Crippen molar-refractivity contribution in [2.75, 3.05) is 40.9 Å². The zero-order valence-corrected chi connectivity index (χ0v) is 53.0. The number of amides is 1. The van der Waals surface area contributed by atoms with Crippen LogP contribution < -0.4 is 10.2 Å². The molecule has 78 heavy (non-hydrogen) atoms. The predicted molar refractivity (Wildman–Crippen MR) is 339 cm³/mol. The molecule has 0 aliphatic carbocycles. The van der Waals surface area contributed by atoms with Gasteiger partial charge in [0.05, 0.1) is 39.9 Å². The lowest BCUT2D eigenvalue weighted by Crippen LogP contribution is -2.46. The minimum atomic E-state index is -4.58. The average molecular weight is 1110 g/mol. The second-order valence-corrected chi connectivity index (χ2v) is 25.2. The van der Waals surface area contributed by atoms with Gasteiger partial charge in [-0.1, -0.05) is 311 Å². The standard InChI is InChI=1S/C69H129N2O6P/c1-6-8-10-12-14-16-18-20-22-24-26-28-29-30-31-32-33-34-35-36-37-38-39-40-41-43-45-47-49-51-53-55-57-59-61-63-69(73)70-67(66-77-78(74,75)76-65-64-71(3,4)5)68(72)62-60-58-56-54-52-50-48-46-44-42-27-25-23-21-19-17-15-13-11-9-7-2/h8,10,14,16,20,22,26,28,30-31,33-34,67-68,72H,6-7,9,11-13,15,17-19,21,23-25,27,29,32,35-66H2,1-5H3,(H-,70,73,74,75)/b10-8-,16-14-,22-20-,28-26-,31-30-,34-33-. The molecule has 0 spiro atoms. The summed E-state index contributed by atoms with van der Waals surface area (Å²) < 4.78 is 23.5. The van der Waals surface area contributed by atoms with Crippen LogP contribution >= 0.6 is 7.82 Å². The number of phosphoric acid groups is 1. The first-order valence-electron chi connectivity index (χ1n) is 33.3. The normalized spacial score (nSPS) is 14.2. The summed E-state index contributed by atoms with van der Waals surface area (Å²) in [5.41, 5.74) is 0. The Bertz CT molecular complexity index is 1500. The van der Waals surface area contributed by atoms with Crippen molar-refractivity contribution in [3.05, 3.63) is 72.9 Å². The molecule has 0 radical (unpaired) electrons. The molecule has 2 N–H and O–H groups in total. The molecular weight excluding hydrogens is 984 g/mol. The molecule has 9 heteroatoms. The van der Waals surface area contributed by atoms with E-state index in [1.54, 1.807) is 0 Å². The maximum atomic E-state index is 13.0. The summed E-state index contributed by atoms with van der Waals surface area (Å²) in [6.07, 6.45) is 82.4. The van der Waals surface area contributed by atoms with Gasteiger partial charge in [0.2, 0.25) is 5.91 Å². The largest absolute Gasteiger partial charge is 0.756 e. The monoisotopic (exact) mass is 1110 g/mol. The molecule has 0 rings (SSSR count). The Hall–Kier alpha value is -2.06. The number of carbonyl (C=O) groups is 1. The topological polar surface area (TPSA) is 108 Å². The Balaban J connectivity index is 4.03. The molecule has 3 unspecified atom stereocenters. The fourth-order valence-electron chi connectivity index (χ4n) is 9.81. The van der Waals surface area contributed by atoms with Crippen molar-refractivity contribution in [1.29, 1.82) is 0 Å². The molecule has 3 atom stereocenters. The predicted octanol–water partition coefficient (Wildman–Crippen LogP) is 20.4. The molecule has 0 aliphatic heterocycles. The molecule has 0 saturated carbocycles. The summed E-state index contributed by atoms with van der Waals surface area (Å²) in [6.45, 7) is 4.64. The Morgan fingerprint density at radius 1 is 0.462 bits per heavy atom. The Kier molecular flexibility index (Phi) is 58.0. The maximum Gasteiger partial charge on any atom is 0.268 e. The Labute approximate surface area is 484 Å². The van der Waals surface area contributed by atoms with Crippen LogP contribution in [-0.4, -0.2) is 68.5 Å². The quantitative estimate of drug-likeness (QED) is 0.0272. The number of hydrogen-bond donors (Lipinski definition) is 2. The van der Waals surface area contributed by atoms with Gasteiger partial charge in [-0.25, -0.2) is 0 Å². The molecule has 8 nitrogen and oxygen atoms in total. The van der Waals surface area contributed by atoms with Gasteiger partial charge >= 0.3 is 0 Å². The number of unbranched alkanes of at least 4 members (excludes halogenated alkanes) is 36. The highest BCUT2D eigenvalue weighted by atomic mass is 31.2. The van der Waals surface area contributed by atoms with Crippen LogP contribution in [0.15, 0.2) is 72.9 Å². The van der Waals surface area contributed by atoms with Crippen LogP contribution in [0.1, 0.15) is 309 Å². The first-order valence-corrected chi connectivity index (χ1v) is 34.7. The van der Waals surface area contributed by atoms with E-state index >= 15 is 0 Å². The van der Waals surface area contributed by atoms with E-state index in [4.69, 9.17) is 9.05 Å². The van der Waals surface area contributed by atoms with Crippen LogP contribution in [0.2, 0.25) is 0 Å². The number of likely N-dealkylation sites (N-methyl/N-ethyl adjacent to an activating group) is 1. The van der Waals surface area contributed by atoms with Crippen LogP contribution in [0, 0.1) is 0 Å². The van der Waals surface area contributed by atoms with Crippen LogP contribution in [0.4, 0.5) is 0 Å². The van der Waals surface area contributed by atoms with Gasteiger partial charge in [-0.15, -0.1) is 0 Å². The van der Waals surface area contributed by atoms with Gasteiger partial charge in [-0.05, 0) is 64.2 Å². The van der Waals surface area contributed by atoms with E-state index in [0.717, 1.165) is 77.0 Å². The highest BCUT2D eigenvalue weighted by Crippen LogP contribution is 2.38. The highest BCUT2D eigenvalue weighted by Gasteiger charge is 2.24. The Morgan fingerprint density at radius 2 is 0.782 bits per heavy atom. The van der Waals surface area contributed by atoms with Gasteiger partial charge in [-0.3, -0.25) is 9.36 Å². The number of nitrogens with zero attached hydrogens (tertiary/aromatic N) is 1. The number of quaternary nitrogens is 1. The van der Waals surface area contributed by atoms with Crippen molar-refractivity contribution in [2.45, 2.75) is 321 Å². The van der Waals surface area contributed by atoms with E-state index < -0.39 is 20.0 Å². The van der Waals surface area contributed by atoms with E-state index in [-0.39, 0.29) is 19.1 Å². The first-order chi connectivity index (χ1) is 38.0. The highest BCUT2D eigenvalue weighted by molar-refractivity contribution is 7.45. The molecule has 0 aliphatic rings. The summed E-state index contributed by atoms with van der Waals surface area (Å²) in [5.74, 6) is -0.162. The van der Waals surface area contributed by atoms with Gasteiger partial charge in [0.1, 0.15) is 13.2 Å². The summed E-state index contributed by atoms with van der Waals surface area (Å²) >= 11 is 0. The van der Waals surface area contributed by atoms with Gasteiger partial charge in [0.15, 0.2) is 0 Å². The summed E-state index contributed by atoms with van der Waals surface area (Å²) in [4.78, 5) is 25.6. The molecule has 0 saturated heterocycles. The van der Waals surface area contributed by atoms with Crippen LogP contribution in [0.25, 0.3) is 0 Å². The third-order valence-electron chi connectivity index (χ3n) is 15.0. The molecule has 0 aromatic carbocycles. The SMILES string of the molecule is CC/C=C\C/C=C\C/C=C\C/C=C\C/C=C\C/C=C\CCCCCCCCCCCCCCCCCCC(=O)NC(COP(=O)([O-])OCC[N+](C)(C)C)C(O)CCCCCCCCCCCCCCCCCCCCCCC. The lowest BCUT2D eigenvalue weighted by Gasteiger charge is -2.30. The lowest BCUT2D eigenvalue weighted by molar-refractivity contribution is -0.870. The number of nitrogens with one attached hydrogen (secondary N) is 1. The maximum absolute atomic E-state index is 13.0. The minimum absolute atomic E-state index is 0.0117. The van der Waals surface area contributed by atoms with Crippen molar-refractivity contribution in [3.8, 4) is 0 Å². The van der Waals surface area contributed by atoms with E-state index in [9.17, 15) is 19.4 Å². The second kappa shape index (κ2) is 59.6. The third kappa shape index (κ3) is 61.6. The van der Waals surface area contributed by atoms with Crippen molar-refractivity contribution in [1.82, 2.24) is 5.32 Å². The molecule has 1 amide bonds. The van der Waals surface area contributed by atoms with Gasteiger partial charge in [0, 0.05) is 6.42 Å². The van der Waals surface area contributed by atoms with Crippen molar-refractivity contribution in [3.63, 3.8) is 0 Å². The number of rotatable bonds is 61. The number of phosphoric ester groups is 1. The van der Waals surface area contributed by atoms with E-state index in [1.807, 2.05) is 21.1 Å². The molecule has 0 aromatic heterocycles. The van der Waals surface area contributed by atoms with Gasteiger partial charge in [0.25, 0.3) is 7.82 Å². The van der Waals surface area contributed by atoms with Gasteiger partial charge < -0.3 is 28.8 Å². The molecule has 0 aromatic rings. The van der Waals surface area contributed by atoms with E-state index in [2.05, 4.69) is 92.1 Å². The second-order valence-electron chi connectivity index (χ2n) is 23.8. The molecule has 0 bridgehead atoms. The number of carbonyl (C=O) groups excluding carboxylic acids is 1. The zero-order chi connectivity index (χ0) is 57.0. The Morgan fingerprint density at radius 3 is 1.14 bits per heavy atom. The number of hydrogen-bond acceptors (Lipinski definition) is 6. The zero-order valence-electron chi connectivity index (χ0n) is 52.1. The van der Waals surface area contributed by atoms with Crippen molar-refractivity contribution < 1.29 is 32.9 Å². The number of aliphatic hydroxyl groups excluding tert-OH is 1. The van der Waals surface area contributed by atoms with Crippen molar-refractivity contribution >= 4 is 13.7 Å². The van der Waals surface area contributed by atoms with Crippen molar-refractivity contribution in [2.24, 2.45) is 0 Å². The van der Waals surface area contributed by atoms with Gasteiger partial charge in [-0.2, -0.15) is 0 Å². The third-order valence-corrected chi connectivity index (χ3v) is 15.9. The molecular formula is C69H129N2O6P. The summed E-state index contributed by atoms with van der Waals surface area (Å²) in [5, 5.41) is 14.1. The van der Waals surface area contributed by atoms with E-state index in [0.29, 0.717) is 23.9 Å². The van der Waals surface area contributed by atoms with Crippen LogP contribution in [0.3, 0.4) is 0 Å². The van der Waals surface area contributed by atoms with Crippen LogP contribution in [0.5, 0.6) is 0 Å². The lowest BCUT2D eigenvalue weighted by atomic mass is 10.0.